The summed E-state index contributed by atoms with van der Waals surface area (Å²) in [4.78, 5) is 50.0. The van der Waals surface area contributed by atoms with Crippen LogP contribution in [-0.4, -0.2) is 37.1 Å². The highest BCUT2D eigenvalue weighted by Gasteiger charge is 2.25. The molecule has 1 aliphatic heterocycles. The molecule has 0 saturated heterocycles. The first-order valence-electron chi connectivity index (χ1n) is 10.2. The predicted molar refractivity (Wildman–Crippen MR) is 111 cm³/mol. The summed E-state index contributed by atoms with van der Waals surface area (Å²) >= 11 is 0. The van der Waals surface area contributed by atoms with Gasteiger partial charge in [0.05, 0.1) is 12.8 Å². The summed E-state index contributed by atoms with van der Waals surface area (Å²) in [5.41, 5.74) is 5.12. The first-order chi connectivity index (χ1) is 14.4. The van der Waals surface area contributed by atoms with Gasteiger partial charge in [-0.1, -0.05) is 12.1 Å². The highest BCUT2D eigenvalue weighted by molar-refractivity contribution is 6.04. The van der Waals surface area contributed by atoms with Gasteiger partial charge in [-0.05, 0) is 60.2 Å². The number of hydrogen-bond acceptors (Lipinski definition) is 5. The molecule has 0 atom stereocenters. The minimum Gasteiger partial charge on any atom is -0.457 e. The molecule has 0 saturated carbocycles. The molecule has 6 nitrogen and oxygen atoms in total. The molecule has 0 aromatic heterocycles. The number of rotatable bonds is 7. The van der Waals surface area contributed by atoms with E-state index in [0.29, 0.717) is 11.1 Å². The monoisotopic (exact) mass is 405 g/mol. The first-order valence-corrected chi connectivity index (χ1v) is 10.2. The molecule has 0 N–H and O–H groups in total. The van der Waals surface area contributed by atoms with E-state index in [0.717, 1.165) is 30.5 Å². The van der Waals surface area contributed by atoms with E-state index >= 15 is 0 Å². The number of nitrogens with zero attached hydrogens (tertiary/aromatic N) is 1. The second kappa shape index (κ2) is 8.22. The fourth-order valence-corrected chi connectivity index (χ4v) is 4.05. The quantitative estimate of drug-likeness (QED) is 0.522. The molecule has 0 unspecified atom stereocenters. The molecule has 1 heterocycles. The van der Waals surface area contributed by atoms with Gasteiger partial charge in [-0.15, -0.1) is 0 Å². The third-order valence-corrected chi connectivity index (χ3v) is 5.82. The molecule has 0 spiro atoms. The molecule has 2 aromatic carbocycles. The summed E-state index contributed by atoms with van der Waals surface area (Å²) in [5, 5.41) is 0. The van der Waals surface area contributed by atoms with Crippen molar-refractivity contribution in [2.24, 2.45) is 0 Å². The number of fused-ring (bicyclic) bond motifs is 2. The third-order valence-electron chi connectivity index (χ3n) is 5.82. The average molecular weight is 405 g/mol. The lowest BCUT2D eigenvalue weighted by molar-refractivity contribution is -0.142. The number of Topliss-reactive ketones (excluding diaryl/α,β-unsaturated/α-hetero) is 2. The number of esters is 1. The van der Waals surface area contributed by atoms with Crippen molar-refractivity contribution in [2.45, 2.75) is 38.5 Å². The number of aryl methyl sites for hydroxylation is 2. The van der Waals surface area contributed by atoms with Crippen molar-refractivity contribution in [1.29, 1.82) is 0 Å². The van der Waals surface area contributed by atoms with Crippen LogP contribution in [0.2, 0.25) is 0 Å². The van der Waals surface area contributed by atoms with E-state index in [9.17, 15) is 19.2 Å². The van der Waals surface area contributed by atoms with E-state index in [4.69, 9.17) is 4.74 Å². The maximum atomic E-state index is 12.4. The largest absolute Gasteiger partial charge is 0.457 e. The molecular formula is C24H23NO5. The topological polar surface area (TPSA) is 80.8 Å². The van der Waals surface area contributed by atoms with Crippen LogP contribution in [-0.2, 0) is 33.6 Å². The number of benzene rings is 2. The van der Waals surface area contributed by atoms with Crippen molar-refractivity contribution in [3.05, 3.63) is 64.2 Å². The van der Waals surface area contributed by atoms with E-state index < -0.39 is 5.97 Å². The molecule has 2 aromatic rings. The lowest BCUT2D eigenvalue weighted by Gasteiger charge is -2.10. The fourth-order valence-electron chi connectivity index (χ4n) is 4.05. The molecule has 2 aliphatic rings. The number of hydrogen-bond donors (Lipinski definition) is 0. The summed E-state index contributed by atoms with van der Waals surface area (Å²) in [7, 11) is 1.70. The van der Waals surface area contributed by atoms with Gasteiger partial charge in [-0.25, -0.2) is 0 Å². The van der Waals surface area contributed by atoms with Gasteiger partial charge in [0.1, 0.15) is 0 Å². The number of ether oxygens (including phenoxy) is 1. The van der Waals surface area contributed by atoms with Gasteiger partial charge in [-0.3, -0.25) is 19.2 Å². The molecular weight excluding hydrogens is 382 g/mol. The number of anilines is 1. The van der Waals surface area contributed by atoms with E-state index in [1.807, 2.05) is 18.2 Å². The lowest BCUT2D eigenvalue weighted by Crippen LogP contribution is -2.20. The lowest BCUT2D eigenvalue weighted by atomic mass is 10.0. The summed E-state index contributed by atoms with van der Waals surface area (Å²) in [6, 6.07) is 10.8. The second-order valence-corrected chi connectivity index (χ2v) is 7.82. The van der Waals surface area contributed by atoms with Crippen molar-refractivity contribution in [1.82, 2.24) is 0 Å². The van der Waals surface area contributed by atoms with Crippen LogP contribution >= 0.6 is 0 Å². The molecule has 0 radical (unpaired) electrons. The second-order valence-electron chi connectivity index (χ2n) is 7.82. The first kappa shape index (κ1) is 20.0. The Morgan fingerprint density at radius 1 is 0.900 bits per heavy atom. The van der Waals surface area contributed by atoms with Crippen LogP contribution in [0.4, 0.5) is 5.69 Å². The maximum absolute atomic E-state index is 12.4. The maximum Gasteiger partial charge on any atom is 0.306 e. The minimum atomic E-state index is -0.575. The zero-order valence-corrected chi connectivity index (χ0v) is 16.9. The van der Waals surface area contributed by atoms with E-state index in [-0.39, 0.29) is 43.3 Å². The number of carbonyl (C=O) groups is 4. The molecule has 6 heteroatoms. The molecule has 1 aliphatic carbocycles. The van der Waals surface area contributed by atoms with Crippen molar-refractivity contribution >= 4 is 29.1 Å². The van der Waals surface area contributed by atoms with Gasteiger partial charge < -0.3 is 9.64 Å². The van der Waals surface area contributed by atoms with Gasteiger partial charge in [0.2, 0.25) is 5.91 Å². The van der Waals surface area contributed by atoms with E-state index in [1.165, 1.54) is 11.1 Å². The van der Waals surface area contributed by atoms with Crippen LogP contribution in [0, 0.1) is 0 Å². The highest BCUT2D eigenvalue weighted by Crippen LogP contribution is 2.28. The Hall–Kier alpha value is -3.28. The highest BCUT2D eigenvalue weighted by atomic mass is 16.5. The smallest absolute Gasteiger partial charge is 0.306 e. The van der Waals surface area contributed by atoms with E-state index in [1.54, 1.807) is 30.1 Å². The van der Waals surface area contributed by atoms with Crippen LogP contribution < -0.4 is 4.90 Å². The van der Waals surface area contributed by atoms with Gasteiger partial charge in [0.15, 0.2) is 18.2 Å². The van der Waals surface area contributed by atoms with Crippen molar-refractivity contribution < 1.29 is 23.9 Å². The van der Waals surface area contributed by atoms with Crippen molar-refractivity contribution in [2.75, 3.05) is 18.6 Å². The van der Waals surface area contributed by atoms with Crippen LogP contribution in [0.5, 0.6) is 0 Å². The summed E-state index contributed by atoms with van der Waals surface area (Å²) < 4.78 is 5.06. The van der Waals surface area contributed by atoms with Crippen LogP contribution in [0.3, 0.4) is 0 Å². The van der Waals surface area contributed by atoms with Gasteiger partial charge in [-0.2, -0.15) is 0 Å². The summed E-state index contributed by atoms with van der Waals surface area (Å²) in [5.74, 6) is -1.03. The molecule has 154 valence electrons. The Kier molecular flexibility index (Phi) is 5.48. The molecule has 30 heavy (non-hydrogen) atoms. The summed E-state index contributed by atoms with van der Waals surface area (Å²) in [6.07, 6.45) is 3.42. The Bertz CT molecular complexity index is 1060. The van der Waals surface area contributed by atoms with Crippen LogP contribution in [0.15, 0.2) is 36.4 Å². The Morgan fingerprint density at radius 3 is 2.43 bits per heavy atom. The molecule has 0 bridgehead atoms. The van der Waals surface area contributed by atoms with Gasteiger partial charge in [0, 0.05) is 30.3 Å². The average Bonchev–Trinajstić information content (AvgIpc) is 3.33. The summed E-state index contributed by atoms with van der Waals surface area (Å²) in [6.45, 7) is -0.381. The van der Waals surface area contributed by atoms with Gasteiger partial charge >= 0.3 is 5.97 Å². The van der Waals surface area contributed by atoms with Crippen molar-refractivity contribution in [3.63, 3.8) is 0 Å². The number of amides is 1. The normalized spacial score (nSPS) is 14.4. The zero-order valence-electron chi connectivity index (χ0n) is 16.9. The third kappa shape index (κ3) is 4.03. The predicted octanol–water partition coefficient (Wildman–Crippen LogP) is 3.08. The Labute approximate surface area is 174 Å². The van der Waals surface area contributed by atoms with Crippen LogP contribution in [0.25, 0.3) is 0 Å². The van der Waals surface area contributed by atoms with Crippen LogP contribution in [0.1, 0.15) is 56.7 Å². The Balaban J connectivity index is 1.27. The Morgan fingerprint density at radius 2 is 1.60 bits per heavy atom. The van der Waals surface area contributed by atoms with Crippen molar-refractivity contribution in [3.8, 4) is 0 Å². The zero-order chi connectivity index (χ0) is 21.3. The standard InChI is InChI=1S/C24H23NO5/c1-25-20-8-7-18(12-19(20)13-23(25)28)22(27)14-30-24(29)10-9-21(26)17-6-5-15-3-2-4-16(15)11-17/h5-8,11-12H,2-4,9-10,13-14H2,1H3. The minimum absolute atomic E-state index is 0.0194. The number of ketones is 2. The molecule has 1 amide bonds. The number of likely N-dealkylation sites (N-methyl/N-ethyl adjacent to an activating group) is 1. The number of carbonyl (C=O) groups excluding carboxylic acids is 4. The van der Waals surface area contributed by atoms with E-state index in [2.05, 4.69) is 0 Å². The molecule has 4 rings (SSSR count). The van der Waals surface area contributed by atoms with Gasteiger partial charge in [0.25, 0.3) is 0 Å². The SMILES string of the molecule is CN1C(=O)Cc2cc(C(=O)COC(=O)CCC(=O)c3ccc4c(c3)CCC4)ccc21. The fraction of sp³-hybridized carbons (Fsp3) is 0.333. The molecule has 0 fully saturated rings.